The molecule has 4 fully saturated rings. The van der Waals surface area contributed by atoms with Crippen molar-refractivity contribution in [2.45, 2.75) is 74.6 Å². The van der Waals surface area contributed by atoms with E-state index < -0.39 is 46.3 Å². The number of carbonyl (C=O) groups excluding carboxylic acids is 2. The number of amides is 2. The molecule has 2 saturated heterocycles. The lowest BCUT2D eigenvalue weighted by Crippen LogP contribution is -2.53. The Labute approximate surface area is 300 Å². The maximum atomic E-state index is 13.7. The minimum atomic E-state index is -5.08. The lowest BCUT2D eigenvalue weighted by Gasteiger charge is -2.37. The number of nitrogens with two attached hydrogens (primary N) is 1. The second kappa shape index (κ2) is 17.9. The highest BCUT2D eigenvalue weighted by atomic mass is 32.2. The van der Waals surface area contributed by atoms with Crippen LogP contribution < -0.4 is 11.1 Å². The van der Waals surface area contributed by atoms with Gasteiger partial charge in [0.25, 0.3) is 0 Å². The van der Waals surface area contributed by atoms with Crippen LogP contribution in [0.5, 0.6) is 0 Å². The number of nitrogens with zero attached hydrogens (tertiary/aromatic N) is 3. The molecule has 2 heterocycles. The molecule has 2 atom stereocenters. The average Bonchev–Trinajstić information content (AvgIpc) is 3.87. The van der Waals surface area contributed by atoms with Crippen molar-refractivity contribution in [1.82, 2.24) is 14.1 Å². The number of anilines is 1. The zero-order valence-electron chi connectivity index (χ0n) is 28.2. The minimum Gasteiger partial charge on any atom is -0.478 e. The number of halogens is 6. The number of aliphatic carboxylic acids is 2. The first-order chi connectivity index (χ1) is 24.6. The van der Waals surface area contributed by atoms with Crippen LogP contribution in [0.15, 0.2) is 24.3 Å². The Balaban J connectivity index is 0.000000458. The van der Waals surface area contributed by atoms with Crippen molar-refractivity contribution in [2.75, 3.05) is 44.6 Å². The molecule has 6 N–H and O–H groups in total. The van der Waals surface area contributed by atoms with Crippen LogP contribution in [0.2, 0.25) is 0 Å². The van der Waals surface area contributed by atoms with Crippen molar-refractivity contribution < 1.29 is 74.1 Å². The summed E-state index contributed by atoms with van der Waals surface area (Å²) in [4.78, 5) is 60.1. The molecule has 0 spiro atoms. The summed E-state index contributed by atoms with van der Waals surface area (Å²) in [5.74, 6) is -6.53. The van der Waals surface area contributed by atoms with Gasteiger partial charge in [-0.1, -0.05) is 0 Å². The number of alkyl halides is 6. The maximum Gasteiger partial charge on any atom is 0.490 e. The number of rotatable bonds is 8. The Morgan fingerprint density at radius 2 is 1.28 bits per heavy atom. The van der Waals surface area contributed by atoms with Crippen LogP contribution in [0.3, 0.4) is 0 Å². The van der Waals surface area contributed by atoms with Gasteiger partial charge >= 0.3 is 30.3 Å². The summed E-state index contributed by atoms with van der Waals surface area (Å²) in [5.41, 5.74) is 6.44. The van der Waals surface area contributed by atoms with E-state index in [9.17, 15) is 49.1 Å². The molecule has 5 rings (SSSR count). The zero-order valence-corrected chi connectivity index (χ0v) is 29.0. The monoisotopic (exact) mass is 789 g/mol. The summed E-state index contributed by atoms with van der Waals surface area (Å²) in [6.45, 7) is 3.07. The molecular formula is C31H41F6N5O10S. The third-order valence-electron chi connectivity index (χ3n) is 9.37. The number of piperazine rings is 1. The zero-order chi connectivity index (χ0) is 39.9. The average molecular weight is 790 g/mol. The summed E-state index contributed by atoms with van der Waals surface area (Å²) < 4.78 is 90.4. The molecule has 2 aliphatic heterocycles. The molecule has 0 radical (unpaired) electrons. The fourth-order valence-electron chi connectivity index (χ4n) is 6.27. The molecule has 0 aromatic heterocycles. The second-order valence-electron chi connectivity index (χ2n) is 13.0. The first kappa shape index (κ1) is 43.4. The molecule has 4 aliphatic rings. The Kier molecular flexibility index (Phi) is 14.6. The Morgan fingerprint density at radius 1 is 0.792 bits per heavy atom. The van der Waals surface area contributed by atoms with Gasteiger partial charge in [-0.25, -0.2) is 22.8 Å². The summed E-state index contributed by atoms with van der Waals surface area (Å²) in [5, 5.41) is 26.0. The van der Waals surface area contributed by atoms with Crippen LogP contribution >= 0.6 is 0 Å². The Hall–Kier alpha value is -4.02. The number of carboxylic acids is 3. The number of sulfonamides is 1. The normalized spacial score (nSPS) is 24.2. The fourth-order valence-corrected chi connectivity index (χ4v) is 8.10. The number of hydrogen-bond acceptors (Lipinski definition) is 9. The largest absolute Gasteiger partial charge is 0.490 e. The molecule has 2 amide bonds. The van der Waals surface area contributed by atoms with Gasteiger partial charge in [-0.05, 0) is 81.7 Å². The molecule has 1 aromatic carbocycles. The van der Waals surface area contributed by atoms with Crippen molar-refractivity contribution >= 4 is 45.4 Å². The van der Waals surface area contributed by atoms with Crippen LogP contribution in [0.1, 0.15) is 55.3 Å². The van der Waals surface area contributed by atoms with Crippen molar-refractivity contribution in [3.05, 3.63) is 29.8 Å². The molecule has 2 aliphatic carbocycles. The molecule has 22 heteroatoms. The third-order valence-corrected chi connectivity index (χ3v) is 11.8. The molecular weight excluding hydrogens is 748 g/mol. The Morgan fingerprint density at radius 3 is 1.70 bits per heavy atom. The third kappa shape index (κ3) is 12.3. The summed E-state index contributed by atoms with van der Waals surface area (Å²) >= 11 is 0. The van der Waals surface area contributed by atoms with Gasteiger partial charge in [-0.3, -0.25) is 14.5 Å². The number of likely N-dealkylation sites (tertiary alicyclic amines) is 1. The van der Waals surface area contributed by atoms with Crippen LogP contribution in [-0.4, -0.2) is 137 Å². The molecule has 15 nitrogen and oxygen atoms in total. The standard InChI is InChI=1S/C27H39N5O6S.2C2HF3O2/c28-16-18-1-3-19(4-2-18)26(34)32-17-22(30-11-13-31(14-12-30)39(37,38)23-9-10-23)15-24(32)25(33)29-21-7-5-20(6-8-21)27(35)36;2*3-2(4,5)1(6)7/h5-8,18-19,22-24H,1-4,9-17,28H2,(H,29,33)(H,35,36);2*(H,6,7)/t18-,19-,22-,24-;;/m0../s1. The van der Waals surface area contributed by atoms with Crippen LogP contribution in [0.4, 0.5) is 32.0 Å². The predicted octanol–water partition coefficient (Wildman–Crippen LogP) is 2.43. The second-order valence-corrected chi connectivity index (χ2v) is 15.2. The highest BCUT2D eigenvalue weighted by Gasteiger charge is 2.46. The van der Waals surface area contributed by atoms with Crippen molar-refractivity contribution in [3.8, 4) is 0 Å². The quantitative estimate of drug-likeness (QED) is 0.240. The Bertz CT molecular complexity index is 1550. The van der Waals surface area contributed by atoms with Gasteiger partial charge < -0.3 is 31.3 Å². The number of hydrogen-bond donors (Lipinski definition) is 5. The van der Waals surface area contributed by atoms with Gasteiger partial charge in [0.1, 0.15) is 6.04 Å². The molecule has 53 heavy (non-hydrogen) atoms. The molecule has 1 aromatic rings. The van der Waals surface area contributed by atoms with Gasteiger partial charge in [-0.15, -0.1) is 0 Å². The van der Waals surface area contributed by atoms with E-state index in [1.54, 1.807) is 21.3 Å². The summed E-state index contributed by atoms with van der Waals surface area (Å²) in [6.07, 6.45) is -4.85. The smallest absolute Gasteiger partial charge is 0.478 e. The van der Waals surface area contributed by atoms with Crippen LogP contribution in [0.25, 0.3) is 0 Å². The maximum absolute atomic E-state index is 13.7. The molecule has 0 bridgehead atoms. The highest BCUT2D eigenvalue weighted by Crippen LogP contribution is 2.35. The topological polar surface area (TPSA) is 228 Å². The van der Waals surface area contributed by atoms with Crippen molar-refractivity contribution in [2.24, 2.45) is 17.6 Å². The van der Waals surface area contributed by atoms with Crippen LogP contribution in [0, 0.1) is 11.8 Å². The van der Waals surface area contributed by atoms with Gasteiger partial charge in [0.05, 0.1) is 10.8 Å². The lowest BCUT2D eigenvalue weighted by molar-refractivity contribution is -0.193. The summed E-state index contributed by atoms with van der Waals surface area (Å²) in [6, 6.07) is 5.28. The van der Waals surface area contributed by atoms with Crippen molar-refractivity contribution in [3.63, 3.8) is 0 Å². The van der Waals surface area contributed by atoms with E-state index in [0.29, 0.717) is 57.3 Å². The SMILES string of the molecule is NC[C@H]1CC[C@H](C(=O)N2C[C@@H](N3CCN(S(=O)(=O)C4CC4)CC3)C[C@H]2C(=O)Nc2ccc(C(=O)O)cc2)CC1.O=C(O)C(F)(F)F.O=C(O)C(F)(F)F. The summed E-state index contributed by atoms with van der Waals surface area (Å²) in [7, 11) is -3.22. The predicted molar refractivity (Wildman–Crippen MR) is 173 cm³/mol. The van der Waals surface area contributed by atoms with E-state index in [2.05, 4.69) is 10.2 Å². The van der Waals surface area contributed by atoms with E-state index in [1.165, 1.54) is 12.1 Å². The first-order valence-corrected chi connectivity index (χ1v) is 18.0. The van der Waals surface area contributed by atoms with E-state index in [4.69, 9.17) is 30.6 Å². The van der Waals surface area contributed by atoms with E-state index >= 15 is 0 Å². The number of benzene rings is 1. The molecule has 2 saturated carbocycles. The minimum absolute atomic E-state index is 0.00398. The molecule has 298 valence electrons. The number of nitrogens with one attached hydrogen (secondary N) is 1. The van der Waals surface area contributed by atoms with Gasteiger partial charge in [0.2, 0.25) is 21.8 Å². The lowest BCUT2D eigenvalue weighted by atomic mass is 9.81. The fraction of sp³-hybridized carbons (Fsp3) is 0.645. The number of aromatic carboxylic acids is 1. The highest BCUT2D eigenvalue weighted by molar-refractivity contribution is 7.90. The van der Waals surface area contributed by atoms with Gasteiger partial charge in [0.15, 0.2) is 0 Å². The number of carbonyl (C=O) groups is 5. The number of carboxylic acid groups (broad SMARTS) is 3. The van der Waals surface area contributed by atoms with E-state index in [-0.39, 0.29) is 34.6 Å². The van der Waals surface area contributed by atoms with Crippen LogP contribution in [-0.2, 0) is 29.2 Å². The van der Waals surface area contributed by atoms with E-state index in [1.807, 2.05) is 0 Å². The van der Waals surface area contributed by atoms with Gasteiger partial charge in [-0.2, -0.15) is 30.6 Å². The molecule has 0 unspecified atom stereocenters. The van der Waals surface area contributed by atoms with Crippen molar-refractivity contribution in [1.29, 1.82) is 0 Å². The van der Waals surface area contributed by atoms with Gasteiger partial charge in [0, 0.05) is 50.4 Å². The first-order valence-electron chi connectivity index (χ1n) is 16.5. The van der Waals surface area contributed by atoms with E-state index in [0.717, 1.165) is 38.5 Å².